The summed E-state index contributed by atoms with van der Waals surface area (Å²) in [6, 6.07) is 0. The third-order valence-electron chi connectivity index (χ3n) is 4.77. The van der Waals surface area contributed by atoms with Gasteiger partial charge in [-0.3, -0.25) is 0 Å². The van der Waals surface area contributed by atoms with Gasteiger partial charge in [-0.1, -0.05) is 104 Å². The molecular formula is C20H39. The van der Waals surface area contributed by atoms with E-state index >= 15 is 0 Å². The van der Waals surface area contributed by atoms with Crippen LogP contribution >= 0.6 is 0 Å². The van der Waals surface area contributed by atoms with Crippen molar-refractivity contribution in [3.63, 3.8) is 0 Å². The highest BCUT2D eigenvalue weighted by Crippen LogP contribution is 2.23. The van der Waals surface area contributed by atoms with Crippen LogP contribution in [0.2, 0.25) is 0 Å². The Bertz CT molecular complexity index is 194. The number of hydrogen-bond acceptors (Lipinski definition) is 0. The molecule has 0 N–H and O–H groups in total. The van der Waals surface area contributed by atoms with E-state index in [1.165, 1.54) is 77.0 Å². The van der Waals surface area contributed by atoms with E-state index in [9.17, 15) is 0 Å². The largest absolute Gasteiger partial charge is 0.0845 e. The monoisotopic (exact) mass is 279 g/mol. The molecular weight excluding hydrogens is 240 g/mol. The van der Waals surface area contributed by atoms with Gasteiger partial charge in [-0.25, -0.2) is 0 Å². The highest BCUT2D eigenvalue weighted by atomic mass is 14.2. The van der Waals surface area contributed by atoms with Crippen LogP contribution in [0.3, 0.4) is 0 Å². The number of rotatable bonds is 15. The first-order chi connectivity index (χ1) is 9.72. The second-order valence-electron chi connectivity index (χ2n) is 6.74. The molecule has 0 aliphatic rings. The Morgan fingerprint density at radius 2 is 1.15 bits per heavy atom. The van der Waals surface area contributed by atoms with Crippen molar-refractivity contribution in [1.82, 2.24) is 0 Å². The highest BCUT2D eigenvalue weighted by molar-refractivity contribution is 4.68. The van der Waals surface area contributed by atoms with Gasteiger partial charge in [0.2, 0.25) is 0 Å². The molecule has 2 unspecified atom stereocenters. The van der Waals surface area contributed by atoms with Crippen molar-refractivity contribution in [3.05, 3.63) is 12.7 Å². The quantitative estimate of drug-likeness (QED) is 0.275. The Balaban J connectivity index is 3.24. The minimum atomic E-state index is 0.827. The van der Waals surface area contributed by atoms with E-state index in [0.717, 1.165) is 18.3 Å². The van der Waals surface area contributed by atoms with Crippen LogP contribution in [0.1, 0.15) is 104 Å². The maximum Gasteiger partial charge on any atom is -0.0345 e. The Morgan fingerprint density at radius 3 is 1.65 bits per heavy atom. The summed E-state index contributed by atoms with van der Waals surface area (Å²) < 4.78 is 0. The molecule has 0 heteroatoms. The van der Waals surface area contributed by atoms with Crippen molar-refractivity contribution in [1.29, 1.82) is 0 Å². The van der Waals surface area contributed by atoms with Gasteiger partial charge >= 0.3 is 0 Å². The number of allylic oxidation sites excluding steroid dienone is 1. The van der Waals surface area contributed by atoms with Crippen molar-refractivity contribution >= 4 is 0 Å². The lowest BCUT2D eigenvalue weighted by molar-refractivity contribution is 0.334. The van der Waals surface area contributed by atoms with Crippen molar-refractivity contribution in [3.8, 4) is 0 Å². The molecule has 0 rings (SSSR count). The predicted molar refractivity (Wildman–Crippen MR) is 92.9 cm³/mol. The molecule has 0 aromatic heterocycles. The molecule has 0 fully saturated rings. The SMILES string of the molecule is [CH]=CCCC(C)C(C)CCCCCCCCCCCC. The average Bonchev–Trinajstić information content (AvgIpc) is 2.46. The number of hydrogen-bond donors (Lipinski definition) is 0. The van der Waals surface area contributed by atoms with Gasteiger partial charge in [0.05, 0.1) is 0 Å². The molecule has 0 saturated heterocycles. The summed E-state index contributed by atoms with van der Waals surface area (Å²) in [7, 11) is 0. The molecule has 20 heavy (non-hydrogen) atoms. The Hall–Kier alpha value is -0.260. The fourth-order valence-electron chi connectivity index (χ4n) is 2.88. The lowest BCUT2D eigenvalue weighted by Gasteiger charge is -2.19. The standard InChI is InChI=1S/C20H39/c1-5-7-9-10-11-12-13-14-15-16-18-20(4)19(3)17-8-6-2/h2,6,19-20H,5,7-18H2,1,3-4H3. The normalized spacial score (nSPS) is 14.2. The Labute approximate surface area is 129 Å². The summed E-state index contributed by atoms with van der Waals surface area (Å²) in [4.78, 5) is 0. The lowest BCUT2D eigenvalue weighted by atomic mass is 9.87. The first kappa shape index (κ1) is 19.7. The topological polar surface area (TPSA) is 0 Å². The summed E-state index contributed by atoms with van der Waals surface area (Å²) in [6.45, 7) is 12.5. The molecule has 0 aromatic carbocycles. The second-order valence-corrected chi connectivity index (χ2v) is 6.74. The van der Waals surface area contributed by atoms with Gasteiger partial charge in [-0.2, -0.15) is 0 Å². The summed E-state index contributed by atoms with van der Waals surface area (Å²) >= 11 is 0. The molecule has 1 radical (unpaired) electrons. The maximum absolute atomic E-state index is 5.46. The highest BCUT2D eigenvalue weighted by Gasteiger charge is 2.10. The lowest BCUT2D eigenvalue weighted by Crippen LogP contribution is -2.07. The molecule has 0 bridgehead atoms. The van der Waals surface area contributed by atoms with Crippen LogP contribution in [-0.2, 0) is 0 Å². The van der Waals surface area contributed by atoms with E-state index in [2.05, 4.69) is 20.8 Å². The average molecular weight is 280 g/mol. The van der Waals surface area contributed by atoms with Crippen LogP contribution in [-0.4, -0.2) is 0 Å². The summed E-state index contributed by atoms with van der Waals surface area (Å²) in [5.41, 5.74) is 0. The van der Waals surface area contributed by atoms with Crippen LogP contribution in [0.15, 0.2) is 6.08 Å². The van der Waals surface area contributed by atoms with E-state index in [1.54, 1.807) is 0 Å². The molecule has 119 valence electrons. The summed E-state index contributed by atoms with van der Waals surface area (Å²) in [5.74, 6) is 1.69. The van der Waals surface area contributed by atoms with Crippen LogP contribution in [0.5, 0.6) is 0 Å². The zero-order valence-corrected chi connectivity index (χ0v) is 14.5. The van der Waals surface area contributed by atoms with Gasteiger partial charge in [0.1, 0.15) is 0 Å². The molecule has 0 saturated carbocycles. The van der Waals surface area contributed by atoms with Crippen molar-refractivity contribution in [2.75, 3.05) is 0 Å². The summed E-state index contributed by atoms with van der Waals surface area (Å²) in [6.07, 6.45) is 19.9. The minimum absolute atomic E-state index is 0.827. The third-order valence-corrected chi connectivity index (χ3v) is 4.77. The van der Waals surface area contributed by atoms with E-state index in [-0.39, 0.29) is 0 Å². The van der Waals surface area contributed by atoms with Crippen LogP contribution in [0.4, 0.5) is 0 Å². The molecule has 0 nitrogen and oxygen atoms in total. The van der Waals surface area contributed by atoms with E-state index < -0.39 is 0 Å². The molecule has 0 aromatic rings. The summed E-state index contributed by atoms with van der Waals surface area (Å²) in [5, 5.41) is 0. The van der Waals surface area contributed by atoms with Crippen molar-refractivity contribution in [2.45, 2.75) is 104 Å². The van der Waals surface area contributed by atoms with E-state index in [4.69, 9.17) is 6.58 Å². The smallest absolute Gasteiger partial charge is 0.0345 e. The first-order valence-electron chi connectivity index (χ1n) is 9.25. The van der Waals surface area contributed by atoms with Gasteiger partial charge < -0.3 is 0 Å². The number of unbranched alkanes of at least 4 members (excludes halogenated alkanes) is 9. The minimum Gasteiger partial charge on any atom is -0.0845 e. The first-order valence-corrected chi connectivity index (χ1v) is 9.25. The Morgan fingerprint density at radius 1 is 0.700 bits per heavy atom. The zero-order valence-electron chi connectivity index (χ0n) is 14.5. The molecule has 0 spiro atoms. The fourth-order valence-corrected chi connectivity index (χ4v) is 2.88. The van der Waals surface area contributed by atoms with E-state index in [0.29, 0.717) is 0 Å². The van der Waals surface area contributed by atoms with Gasteiger partial charge in [-0.05, 0) is 24.7 Å². The molecule has 0 amide bonds. The van der Waals surface area contributed by atoms with Gasteiger partial charge in [0.15, 0.2) is 0 Å². The van der Waals surface area contributed by atoms with Crippen LogP contribution in [0.25, 0.3) is 0 Å². The predicted octanol–water partition coefficient (Wildman–Crippen LogP) is 7.34. The van der Waals surface area contributed by atoms with E-state index in [1.807, 2.05) is 6.08 Å². The third kappa shape index (κ3) is 12.8. The van der Waals surface area contributed by atoms with Gasteiger partial charge in [0, 0.05) is 0 Å². The van der Waals surface area contributed by atoms with Crippen molar-refractivity contribution < 1.29 is 0 Å². The maximum atomic E-state index is 5.46. The van der Waals surface area contributed by atoms with Gasteiger partial charge in [0.25, 0.3) is 0 Å². The zero-order chi connectivity index (χ0) is 15.1. The fraction of sp³-hybridized carbons (Fsp3) is 0.900. The second kappa shape index (κ2) is 15.1. The van der Waals surface area contributed by atoms with Gasteiger partial charge in [-0.15, -0.1) is 0 Å². The van der Waals surface area contributed by atoms with Crippen molar-refractivity contribution in [2.24, 2.45) is 11.8 Å². The molecule has 2 atom stereocenters. The molecule has 0 aliphatic carbocycles. The van der Waals surface area contributed by atoms with Crippen LogP contribution in [0, 0.1) is 18.4 Å². The molecule has 0 heterocycles. The van der Waals surface area contributed by atoms with Crippen LogP contribution < -0.4 is 0 Å². The molecule has 0 aliphatic heterocycles. The Kier molecular flexibility index (Phi) is 14.9.